The quantitative estimate of drug-likeness (QED) is 0.176. The lowest BCUT2D eigenvalue weighted by molar-refractivity contribution is 0.0618. The molecule has 8 aliphatic carbocycles. The van der Waals surface area contributed by atoms with Crippen LogP contribution in [0.4, 0.5) is 17.1 Å². The first kappa shape index (κ1) is 31.3. The van der Waals surface area contributed by atoms with Crippen LogP contribution >= 0.6 is 0 Å². The van der Waals surface area contributed by atoms with E-state index in [0.717, 1.165) is 35.5 Å². The highest BCUT2D eigenvalue weighted by Crippen LogP contribution is 2.69. The zero-order valence-electron chi connectivity index (χ0n) is 31.8. The standard InChI is InChI=1S/C54H49N/c1-2-8-37(9-3-1)38-16-20-42(21-17-38)55(43-23-25-50-48(31-43)46-11-4-6-12-49(46)53(50)33-35-15-18-39(53)28-35)44-22-24-47-45-10-5-7-13-51(45)54(52(47)32-44)40-19-14-34-26-36(29-40)30-41(54)27-34/h1-13,16-17,20-25,31-32,34-36,39-41H,14-15,18-19,26-30,33H2/t34?,35?,36-,39?,40-,41-,53-,54+/m1/s1. The molecule has 0 amide bonds. The lowest BCUT2D eigenvalue weighted by Gasteiger charge is -2.53. The summed E-state index contributed by atoms with van der Waals surface area (Å²) in [6.07, 6.45) is 14.0. The summed E-state index contributed by atoms with van der Waals surface area (Å²) in [5.41, 5.74) is 19.0. The largest absolute Gasteiger partial charge is 0.310 e. The topological polar surface area (TPSA) is 3.24 Å². The average molecular weight is 712 g/mol. The third kappa shape index (κ3) is 4.15. The molecule has 2 spiro atoms. The smallest absolute Gasteiger partial charge is 0.0468 e. The zero-order valence-corrected chi connectivity index (χ0v) is 31.8. The van der Waals surface area contributed by atoms with Crippen molar-refractivity contribution in [3.63, 3.8) is 0 Å². The van der Waals surface area contributed by atoms with Crippen molar-refractivity contribution in [2.45, 2.75) is 75.0 Å². The second kappa shape index (κ2) is 11.3. The first-order valence-corrected chi connectivity index (χ1v) is 21.6. The number of benzene rings is 6. The first-order chi connectivity index (χ1) is 27.2. The molecule has 270 valence electrons. The number of hydrogen-bond donors (Lipinski definition) is 0. The van der Waals surface area contributed by atoms with Crippen molar-refractivity contribution in [3.05, 3.63) is 162 Å². The molecule has 6 fully saturated rings. The van der Waals surface area contributed by atoms with Crippen molar-refractivity contribution >= 4 is 17.1 Å². The van der Waals surface area contributed by atoms with Gasteiger partial charge in [-0.15, -0.1) is 0 Å². The van der Waals surface area contributed by atoms with Crippen LogP contribution in [0.15, 0.2) is 140 Å². The van der Waals surface area contributed by atoms with E-state index in [9.17, 15) is 0 Å². The Morgan fingerprint density at radius 1 is 0.382 bits per heavy atom. The number of fused-ring (bicyclic) bond motifs is 12. The highest BCUT2D eigenvalue weighted by Gasteiger charge is 2.60. The van der Waals surface area contributed by atoms with Gasteiger partial charge in [-0.1, -0.05) is 116 Å². The van der Waals surface area contributed by atoms with Crippen molar-refractivity contribution in [2.75, 3.05) is 4.90 Å². The summed E-state index contributed by atoms with van der Waals surface area (Å²) in [4.78, 5) is 2.60. The minimum atomic E-state index is 0.126. The molecule has 6 saturated carbocycles. The Morgan fingerprint density at radius 2 is 0.982 bits per heavy atom. The molecule has 6 bridgehead atoms. The van der Waals surface area contributed by atoms with Crippen LogP contribution in [-0.2, 0) is 10.8 Å². The van der Waals surface area contributed by atoms with Crippen molar-refractivity contribution < 1.29 is 0 Å². The van der Waals surface area contributed by atoms with Crippen molar-refractivity contribution in [1.29, 1.82) is 0 Å². The van der Waals surface area contributed by atoms with Gasteiger partial charge in [0, 0.05) is 27.9 Å². The monoisotopic (exact) mass is 711 g/mol. The van der Waals surface area contributed by atoms with Crippen molar-refractivity contribution in [2.24, 2.45) is 35.5 Å². The van der Waals surface area contributed by atoms with Crippen LogP contribution in [0.2, 0.25) is 0 Å². The van der Waals surface area contributed by atoms with Gasteiger partial charge in [-0.25, -0.2) is 0 Å². The Bertz CT molecular complexity index is 2500. The summed E-state index contributed by atoms with van der Waals surface area (Å²) >= 11 is 0. The molecule has 0 aliphatic heterocycles. The van der Waals surface area contributed by atoms with Gasteiger partial charge in [-0.3, -0.25) is 0 Å². The van der Waals surface area contributed by atoms with Crippen LogP contribution < -0.4 is 4.90 Å². The van der Waals surface area contributed by atoms with Crippen LogP contribution in [0.25, 0.3) is 33.4 Å². The number of nitrogens with zero attached hydrogens (tertiary/aromatic N) is 1. The van der Waals surface area contributed by atoms with Crippen LogP contribution in [0.5, 0.6) is 0 Å². The van der Waals surface area contributed by atoms with Gasteiger partial charge in [0.2, 0.25) is 0 Å². The summed E-state index contributed by atoms with van der Waals surface area (Å²) in [6.45, 7) is 0. The van der Waals surface area contributed by atoms with Gasteiger partial charge < -0.3 is 4.90 Å². The molecule has 0 saturated heterocycles. The Morgan fingerprint density at radius 3 is 1.80 bits per heavy atom. The molecule has 0 heterocycles. The van der Waals surface area contributed by atoms with E-state index in [0.29, 0.717) is 0 Å². The fourth-order valence-corrected chi connectivity index (χ4v) is 14.8. The fourth-order valence-electron chi connectivity index (χ4n) is 14.8. The number of hydrogen-bond acceptors (Lipinski definition) is 1. The van der Waals surface area contributed by atoms with E-state index in [2.05, 4.69) is 144 Å². The van der Waals surface area contributed by atoms with Crippen molar-refractivity contribution in [3.8, 4) is 33.4 Å². The molecule has 0 aromatic heterocycles. The second-order valence-electron chi connectivity index (χ2n) is 18.9. The Hall–Kier alpha value is -4.88. The van der Waals surface area contributed by atoms with Gasteiger partial charge in [-0.05, 0) is 179 Å². The molecule has 55 heavy (non-hydrogen) atoms. The third-order valence-corrected chi connectivity index (χ3v) is 16.6. The van der Waals surface area contributed by atoms with E-state index >= 15 is 0 Å². The van der Waals surface area contributed by atoms with Crippen LogP contribution in [0, 0.1) is 35.5 Å². The molecule has 6 aromatic carbocycles. The highest BCUT2D eigenvalue weighted by atomic mass is 15.1. The molecule has 14 rings (SSSR count). The molecule has 8 atom stereocenters. The summed E-state index contributed by atoms with van der Waals surface area (Å²) in [5.74, 6) is 4.96. The van der Waals surface area contributed by atoms with Gasteiger partial charge in [-0.2, -0.15) is 0 Å². The van der Waals surface area contributed by atoms with Crippen molar-refractivity contribution in [1.82, 2.24) is 0 Å². The van der Waals surface area contributed by atoms with E-state index in [1.54, 1.807) is 22.3 Å². The predicted molar refractivity (Wildman–Crippen MR) is 226 cm³/mol. The van der Waals surface area contributed by atoms with E-state index in [4.69, 9.17) is 0 Å². The van der Waals surface area contributed by atoms with Gasteiger partial charge in [0.15, 0.2) is 0 Å². The summed E-state index contributed by atoms with van der Waals surface area (Å²) < 4.78 is 0. The Kier molecular flexibility index (Phi) is 6.47. The SMILES string of the molecule is c1ccc(-c2ccc(N(c3ccc4c(c3)-c3ccccc3[C@]43CC4CCC3C4)c3ccc4c(c3)[C@@]3(c5ccccc5-4)[C@@H]4CCC5C[C@H](C4)C[C@H]3C5)cc2)cc1. The Labute approximate surface area is 326 Å². The predicted octanol–water partition coefficient (Wildman–Crippen LogP) is 14.0. The molecule has 1 nitrogen and oxygen atoms in total. The minimum Gasteiger partial charge on any atom is -0.310 e. The Balaban J connectivity index is 1.01. The normalized spacial score (nSPS) is 31.1. The molecule has 3 unspecified atom stereocenters. The summed E-state index contributed by atoms with van der Waals surface area (Å²) in [5, 5.41) is 0. The second-order valence-corrected chi connectivity index (χ2v) is 18.9. The number of rotatable bonds is 4. The fraction of sp³-hybridized carbons (Fsp3) is 0.333. The first-order valence-electron chi connectivity index (χ1n) is 21.6. The molecule has 1 heteroatoms. The van der Waals surface area contributed by atoms with E-state index in [1.807, 2.05) is 0 Å². The van der Waals surface area contributed by atoms with E-state index < -0.39 is 0 Å². The lowest BCUT2D eigenvalue weighted by atomic mass is 9.51. The third-order valence-electron chi connectivity index (χ3n) is 16.6. The zero-order chi connectivity index (χ0) is 35.9. The van der Waals surface area contributed by atoms with Crippen LogP contribution in [0.3, 0.4) is 0 Å². The van der Waals surface area contributed by atoms with E-state index in [1.165, 1.54) is 115 Å². The molecular weight excluding hydrogens is 663 g/mol. The van der Waals surface area contributed by atoms with Gasteiger partial charge in [0.1, 0.15) is 0 Å². The van der Waals surface area contributed by atoms with Gasteiger partial charge in [0.25, 0.3) is 0 Å². The van der Waals surface area contributed by atoms with Crippen LogP contribution in [-0.4, -0.2) is 0 Å². The van der Waals surface area contributed by atoms with Gasteiger partial charge in [0.05, 0.1) is 0 Å². The highest BCUT2D eigenvalue weighted by molar-refractivity contribution is 5.90. The summed E-state index contributed by atoms with van der Waals surface area (Å²) in [6, 6.07) is 54.5. The molecular formula is C54H49N. The van der Waals surface area contributed by atoms with E-state index in [-0.39, 0.29) is 10.8 Å². The number of anilines is 3. The van der Waals surface area contributed by atoms with Crippen LogP contribution in [0.1, 0.15) is 86.5 Å². The molecule has 0 N–H and O–H groups in total. The molecule has 8 aliphatic rings. The molecule has 0 radical (unpaired) electrons. The minimum absolute atomic E-state index is 0.126. The summed E-state index contributed by atoms with van der Waals surface area (Å²) in [7, 11) is 0. The maximum absolute atomic E-state index is 2.68. The maximum atomic E-state index is 2.68. The average Bonchev–Trinajstić information content (AvgIpc) is 3.95. The maximum Gasteiger partial charge on any atom is 0.0468 e. The van der Waals surface area contributed by atoms with Gasteiger partial charge >= 0.3 is 0 Å². The lowest BCUT2D eigenvalue weighted by Crippen LogP contribution is -2.48. The molecule has 6 aromatic rings.